The summed E-state index contributed by atoms with van der Waals surface area (Å²) in [6.45, 7) is 0. The van der Waals surface area contributed by atoms with Crippen molar-refractivity contribution in [1.29, 1.82) is 0 Å². The molecule has 7 nitrogen and oxygen atoms in total. The van der Waals surface area contributed by atoms with Crippen molar-refractivity contribution >= 4 is 21.2 Å². The lowest BCUT2D eigenvalue weighted by molar-refractivity contribution is -0.386. The van der Waals surface area contributed by atoms with Gasteiger partial charge in [-0.15, -0.1) is 0 Å². The van der Waals surface area contributed by atoms with Gasteiger partial charge in [0.25, 0.3) is 0 Å². The van der Waals surface area contributed by atoms with Crippen molar-refractivity contribution in [3.63, 3.8) is 0 Å². The van der Waals surface area contributed by atoms with E-state index >= 15 is 0 Å². The maximum atomic E-state index is 11.8. The van der Waals surface area contributed by atoms with Gasteiger partial charge in [0.2, 0.25) is 0 Å². The van der Waals surface area contributed by atoms with Gasteiger partial charge in [0, 0.05) is 12.7 Å². The summed E-state index contributed by atoms with van der Waals surface area (Å²) in [6, 6.07) is 11.0. The fourth-order valence-corrected chi connectivity index (χ4v) is 3.90. The lowest BCUT2D eigenvalue weighted by Gasteiger charge is -2.19. The van der Waals surface area contributed by atoms with E-state index in [1.807, 2.05) is 24.3 Å². The molecule has 0 amide bonds. The number of rotatable bonds is 4. The SMILES string of the molecule is CS(=O)(=O)c1cccc(NC2c3ccccc3CC2O)c1[N+](=O)[O-]. The van der Waals surface area contributed by atoms with Crippen molar-refractivity contribution in [2.75, 3.05) is 11.6 Å². The van der Waals surface area contributed by atoms with Gasteiger partial charge >= 0.3 is 5.69 Å². The van der Waals surface area contributed by atoms with E-state index in [9.17, 15) is 23.6 Å². The van der Waals surface area contributed by atoms with E-state index in [1.165, 1.54) is 18.2 Å². The monoisotopic (exact) mass is 348 g/mol. The van der Waals surface area contributed by atoms with Crippen LogP contribution in [0.5, 0.6) is 0 Å². The van der Waals surface area contributed by atoms with Gasteiger partial charge in [-0.05, 0) is 23.3 Å². The number of sulfone groups is 1. The maximum Gasteiger partial charge on any atom is 0.310 e. The topological polar surface area (TPSA) is 110 Å². The molecular weight excluding hydrogens is 332 g/mol. The second-order valence-electron chi connectivity index (χ2n) is 5.77. The number of nitrogens with zero attached hydrogens (tertiary/aromatic N) is 1. The van der Waals surface area contributed by atoms with E-state index < -0.39 is 32.6 Å². The summed E-state index contributed by atoms with van der Waals surface area (Å²) in [7, 11) is -3.75. The Morgan fingerprint density at radius 1 is 1.21 bits per heavy atom. The maximum absolute atomic E-state index is 11.8. The molecule has 0 spiro atoms. The first-order valence-electron chi connectivity index (χ1n) is 7.29. The number of nitro benzene ring substituents is 1. The van der Waals surface area contributed by atoms with E-state index in [2.05, 4.69) is 5.32 Å². The molecule has 3 rings (SSSR count). The lowest BCUT2D eigenvalue weighted by Crippen LogP contribution is -2.22. The van der Waals surface area contributed by atoms with Crippen LogP contribution in [-0.4, -0.2) is 30.8 Å². The van der Waals surface area contributed by atoms with E-state index in [0.717, 1.165) is 17.4 Å². The fraction of sp³-hybridized carbons (Fsp3) is 0.250. The van der Waals surface area contributed by atoms with Crippen LogP contribution in [0.4, 0.5) is 11.4 Å². The summed E-state index contributed by atoms with van der Waals surface area (Å²) in [5, 5.41) is 24.7. The molecule has 2 aromatic rings. The number of hydrogen-bond donors (Lipinski definition) is 2. The highest BCUT2D eigenvalue weighted by molar-refractivity contribution is 7.90. The Hall–Kier alpha value is -2.45. The third kappa shape index (κ3) is 2.85. The first kappa shape index (κ1) is 16.4. The number of anilines is 1. The third-order valence-electron chi connectivity index (χ3n) is 4.10. The van der Waals surface area contributed by atoms with Crippen molar-refractivity contribution in [3.8, 4) is 0 Å². The Morgan fingerprint density at radius 2 is 1.92 bits per heavy atom. The second-order valence-corrected chi connectivity index (χ2v) is 7.76. The van der Waals surface area contributed by atoms with Crippen LogP contribution in [0, 0.1) is 10.1 Å². The summed E-state index contributed by atoms with van der Waals surface area (Å²) in [5.74, 6) is 0. The van der Waals surface area contributed by atoms with Crippen molar-refractivity contribution in [3.05, 3.63) is 63.7 Å². The molecule has 0 saturated heterocycles. The minimum Gasteiger partial charge on any atom is -0.390 e. The van der Waals surface area contributed by atoms with E-state index in [1.54, 1.807) is 0 Å². The number of para-hydroxylation sites is 1. The summed E-state index contributed by atoms with van der Waals surface area (Å²) >= 11 is 0. The van der Waals surface area contributed by atoms with Gasteiger partial charge in [0.1, 0.15) is 10.6 Å². The van der Waals surface area contributed by atoms with E-state index in [0.29, 0.717) is 6.42 Å². The number of nitrogens with one attached hydrogen (secondary N) is 1. The number of fused-ring (bicyclic) bond motifs is 1. The van der Waals surface area contributed by atoms with Gasteiger partial charge in [-0.2, -0.15) is 0 Å². The largest absolute Gasteiger partial charge is 0.390 e. The minimum atomic E-state index is -3.75. The summed E-state index contributed by atoms with van der Waals surface area (Å²) in [6.07, 6.45) is 0.621. The van der Waals surface area contributed by atoms with Crippen LogP contribution < -0.4 is 5.32 Å². The predicted octanol–water partition coefficient (Wildman–Crippen LogP) is 2.07. The van der Waals surface area contributed by atoms with Crippen LogP contribution in [-0.2, 0) is 16.3 Å². The zero-order valence-corrected chi connectivity index (χ0v) is 13.7. The fourth-order valence-electron chi connectivity index (χ4n) is 3.04. The van der Waals surface area contributed by atoms with Gasteiger partial charge in [0.15, 0.2) is 9.84 Å². The molecule has 1 aliphatic rings. The standard InChI is InChI=1S/C16H16N2O5S/c1-24(22,23)14-8-4-7-12(16(14)18(20)21)17-15-11-6-3-2-5-10(11)9-13(15)19/h2-8,13,15,17,19H,9H2,1H3. The third-order valence-corrected chi connectivity index (χ3v) is 5.22. The summed E-state index contributed by atoms with van der Waals surface area (Å²) in [4.78, 5) is 10.4. The molecule has 0 aromatic heterocycles. The summed E-state index contributed by atoms with van der Waals surface area (Å²) in [5.41, 5.74) is 1.38. The van der Waals surface area contributed by atoms with Gasteiger partial charge in [-0.1, -0.05) is 30.3 Å². The second kappa shape index (κ2) is 5.88. The first-order chi connectivity index (χ1) is 11.3. The Bertz CT molecular complexity index is 910. The molecule has 1 aliphatic carbocycles. The van der Waals surface area contributed by atoms with E-state index in [4.69, 9.17) is 0 Å². The minimum absolute atomic E-state index is 0.0729. The Kier molecular flexibility index (Phi) is 4.02. The van der Waals surface area contributed by atoms with E-state index in [-0.39, 0.29) is 10.6 Å². The Morgan fingerprint density at radius 3 is 2.58 bits per heavy atom. The van der Waals surface area contributed by atoms with Crippen LogP contribution in [0.3, 0.4) is 0 Å². The molecule has 2 atom stereocenters. The molecule has 126 valence electrons. The zero-order chi connectivity index (χ0) is 17.5. The Balaban J connectivity index is 2.07. The molecule has 0 heterocycles. The molecule has 8 heteroatoms. The predicted molar refractivity (Wildman–Crippen MR) is 88.7 cm³/mol. The van der Waals surface area contributed by atoms with Crippen molar-refractivity contribution in [2.24, 2.45) is 0 Å². The van der Waals surface area contributed by atoms with Gasteiger partial charge in [-0.25, -0.2) is 8.42 Å². The number of aliphatic hydroxyl groups excluding tert-OH is 1. The molecule has 2 N–H and O–H groups in total. The highest BCUT2D eigenvalue weighted by atomic mass is 32.2. The molecule has 0 bridgehead atoms. The number of benzene rings is 2. The van der Waals surface area contributed by atoms with Crippen LogP contribution in [0.1, 0.15) is 17.2 Å². The normalized spacial score (nSPS) is 19.8. The van der Waals surface area contributed by atoms with Crippen molar-refractivity contribution in [1.82, 2.24) is 0 Å². The summed E-state index contributed by atoms with van der Waals surface area (Å²) < 4.78 is 23.7. The van der Waals surface area contributed by atoms with Crippen molar-refractivity contribution in [2.45, 2.75) is 23.5 Å². The highest BCUT2D eigenvalue weighted by Crippen LogP contribution is 2.38. The molecule has 0 aliphatic heterocycles. The number of hydrogen-bond acceptors (Lipinski definition) is 6. The molecular formula is C16H16N2O5S. The van der Waals surface area contributed by atoms with Crippen LogP contribution in [0.2, 0.25) is 0 Å². The number of aliphatic hydroxyl groups is 1. The van der Waals surface area contributed by atoms with Gasteiger partial charge < -0.3 is 10.4 Å². The average molecular weight is 348 g/mol. The molecule has 0 saturated carbocycles. The molecule has 2 unspecified atom stereocenters. The van der Waals surface area contributed by atoms with Gasteiger partial charge in [-0.3, -0.25) is 10.1 Å². The highest BCUT2D eigenvalue weighted by Gasteiger charge is 2.33. The molecule has 0 radical (unpaired) electrons. The van der Waals surface area contributed by atoms with Crippen LogP contribution in [0.15, 0.2) is 47.4 Å². The van der Waals surface area contributed by atoms with Crippen LogP contribution >= 0.6 is 0 Å². The smallest absolute Gasteiger partial charge is 0.310 e. The lowest BCUT2D eigenvalue weighted by atomic mass is 10.1. The molecule has 24 heavy (non-hydrogen) atoms. The number of nitro groups is 1. The first-order valence-corrected chi connectivity index (χ1v) is 9.18. The van der Waals surface area contributed by atoms with Crippen LogP contribution in [0.25, 0.3) is 0 Å². The zero-order valence-electron chi connectivity index (χ0n) is 12.8. The average Bonchev–Trinajstić information content (AvgIpc) is 2.82. The molecule has 2 aromatic carbocycles. The quantitative estimate of drug-likeness (QED) is 0.646. The molecule has 0 fully saturated rings. The van der Waals surface area contributed by atoms with Gasteiger partial charge in [0.05, 0.1) is 17.1 Å². The Labute approximate surface area is 139 Å². The van der Waals surface area contributed by atoms with Crippen molar-refractivity contribution < 1.29 is 18.4 Å².